The van der Waals surface area contributed by atoms with Crippen molar-refractivity contribution in [3.8, 4) is 0 Å². The molecule has 0 amide bonds. The quantitative estimate of drug-likeness (QED) is 0.909. The van der Waals surface area contributed by atoms with E-state index < -0.39 is 5.60 Å². The zero-order valence-corrected chi connectivity index (χ0v) is 13.2. The van der Waals surface area contributed by atoms with Crippen LogP contribution in [-0.4, -0.2) is 25.7 Å². The fraction of sp³-hybridized carbons (Fsp3) is 0.529. The molecule has 1 aliphatic rings. The first kappa shape index (κ1) is 15.2. The van der Waals surface area contributed by atoms with Gasteiger partial charge in [0.2, 0.25) is 0 Å². The van der Waals surface area contributed by atoms with Crippen LogP contribution < -0.4 is 5.32 Å². The van der Waals surface area contributed by atoms with Gasteiger partial charge in [0.25, 0.3) is 0 Å². The monoisotopic (exact) mass is 300 g/mol. The van der Waals surface area contributed by atoms with Gasteiger partial charge in [-0.3, -0.25) is 4.98 Å². The average Bonchev–Trinajstić information content (AvgIpc) is 2.97. The van der Waals surface area contributed by atoms with Gasteiger partial charge >= 0.3 is 0 Å². The highest BCUT2D eigenvalue weighted by Gasteiger charge is 2.35. The first-order valence-electron chi connectivity index (χ1n) is 7.95. The van der Waals surface area contributed by atoms with E-state index in [0.717, 1.165) is 37.1 Å². The Hall–Kier alpha value is -1.72. The Morgan fingerprint density at radius 1 is 1.36 bits per heavy atom. The molecule has 3 rings (SSSR count). The Morgan fingerprint density at radius 2 is 2.14 bits per heavy atom. The molecule has 118 valence electrons. The predicted octanol–water partition coefficient (Wildman–Crippen LogP) is 2.30. The maximum absolute atomic E-state index is 10.8. The summed E-state index contributed by atoms with van der Waals surface area (Å²) in [6, 6.07) is 4.50. The van der Waals surface area contributed by atoms with Gasteiger partial charge in [0.1, 0.15) is 5.82 Å². The van der Waals surface area contributed by atoms with E-state index in [4.69, 9.17) is 0 Å². The number of aryl methyl sites for hydroxylation is 1. The zero-order chi connectivity index (χ0) is 15.6. The topological polar surface area (TPSA) is 63.0 Å². The maximum Gasteiger partial charge on any atom is 0.125 e. The van der Waals surface area contributed by atoms with Crippen molar-refractivity contribution in [1.29, 1.82) is 0 Å². The highest BCUT2D eigenvalue weighted by atomic mass is 16.3. The summed E-state index contributed by atoms with van der Waals surface area (Å²) in [6.45, 7) is 2.14. The van der Waals surface area contributed by atoms with Gasteiger partial charge in [0, 0.05) is 43.4 Å². The van der Waals surface area contributed by atoms with Gasteiger partial charge in [-0.1, -0.05) is 6.07 Å². The summed E-state index contributed by atoms with van der Waals surface area (Å²) < 4.78 is 2.05. The van der Waals surface area contributed by atoms with Gasteiger partial charge in [-0.05, 0) is 38.7 Å². The zero-order valence-electron chi connectivity index (χ0n) is 13.2. The van der Waals surface area contributed by atoms with Crippen molar-refractivity contribution in [2.24, 2.45) is 7.05 Å². The summed E-state index contributed by atoms with van der Waals surface area (Å²) in [5.74, 6) is 1.05. The molecule has 1 saturated carbocycles. The SMILES string of the molecule is CC(NC1CCC(O)(c2cccnc2)CC1)c1nccn1C. The average molecular weight is 300 g/mol. The molecule has 0 saturated heterocycles. The van der Waals surface area contributed by atoms with Gasteiger partial charge in [-0.25, -0.2) is 4.98 Å². The highest BCUT2D eigenvalue weighted by molar-refractivity contribution is 5.19. The molecule has 0 spiro atoms. The van der Waals surface area contributed by atoms with Crippen molar-refractivity contribution < 1.29 is 5.11 Å². The molecule has 0 bridgehead atoms. The van der Waals surface area contributed by atoms with Gasteiger partial charge in [0.05, 0.1) is 11.6 Å². The lowest BCUT2D eigenvalue weighted by Gasteiger charge is -2.37. The van der Waals surface area contributed by atoms with Gasteiger partial charge in [-0.15, -0.1) is 0 Å². The van der Waals surface area contributed by atoms with Crippen molar-refractivity contribution >= 4 is 0 Å². The van der Waals surface area contributed by atoms with E-state index in [-0.39, 0.29) is 6.04 Å². The molecule has 1 unspecified atom stereocenters. The third kappa shape index (κ3) is 3.05. The molecule has 0 aliphatic heterocycles. The normalized spacial score (nSPS) is 26.8. The van der Waals surface area contributed by atoms with Crippen LogP contribution in [0.25, 0.3) is 0 Å². The standard InChI is InChI=1S/C17H24N4O/c1-13(16-19-10-11-21(16)2)20-15-5-7-17(22,8-6-15)14-4-3-9-18-12-14/h3-4,9-13,15,20,22H,5-8H2,1-2H3. The van der Waals surface area contributed by atoms with E-state index in [9.17, 15) is 5.11 Å². The van der Waals surface area contributed by atoms with Crippen LogP contribution in [0.2, 0.25) is 0 Å². The third-order valence-corrected chi connectivity index (χ3v) is 4.74. The minimum absolute atomic E-state index is 0.217. The van der Waals surface area contributed by atoms with Crippen molar-refractivity contribution in [1.82, 2.24) is 19.9 Å². The second-order valence-electron chi connectivity index (χ2n) is 6.33. The number of aliphatic hydroxyl groups is 1. The van der Waals surface area contributed by atoms with Crippen molar-refractivity contribution in [3.63, 3.8) is 0 Å². The Morgan fingerprint density at radius 3 is 2.73 bits per heavy atom. The Bertz CT molecular complexity index is 602. The van der Waals surface area contributed by atoms with Crippen molar-refractivity contribution in [3.05, 3.63) is 48.3 Å². The Kier molecular flexibility index (Phi) is 4.27. The summed E-state index contributed by atoms with van der Waals surface area (Å²) in [6.07, 6.45) is 10.8. The number of nitrogens with one attached hydrogen (secondary N) is 1. The minimum atomic E-state index is -0.723. The molecule has 2 aromatic rings. The fourth-order valence-corrected chi connectivity index (χ4v) is 3.41. The molecular formula is C17H24N4O. The first-order chi connectivity index (χ1) is 10.6. The molecule has 2 aromatic heterocycles. The van der Waals surface area contributed by atoms with E-state index in [1.807, 2.05) is 36.1 Å². The van der Waals surface area contributed by atoms with Gasteiger partial charge < -0.3 is 15.0 Å². The van der Waals surface area contributed by atoms with E-state index in [1.165, 1.54) is 0 Å². The number of aromatic nitrogens is 3. The molecular weight excluding hydrogens is 276 g/mol. The third-order valence-electron chi connectivity index (χ3n) is 4.74. The molecule has 1 aliphatic carbocycles. The summed E-state index contributed by atoms with van der Waals surface area (Å²) in [7, 11) is 2.02. The van der Waals surface area contributed by atoms with Crippen molar-refractivity contribution in [2.75, 3.05) is 0 Å². The van der Waals surface area contributed by atoms with E-state index in [2.05, 4.69) is 22.2 Å². The highest BCUT2D eigenvalue weighted by Crippen LogP contribution is 2.37. The van der Waals surface area contributed by atoms with E-state index in [0.29, 0.717) is 6.04 Å². The largest absolute Gasteiger partial charge is 0.385 e. The van der Waals surface area contributed by atoms with Crippen LogP contribution in [-0.2, 0) is 12.6 Å². The number of nitrogens with zero attached hydrogens (tertiary/aromatic N) is 3. The molecule has 0 radical (unpaired) electrons. The lowest BCUT2D eigenvalue weighted by atomic mass is 9.78. The molecule has 22 heavy (non-hydrogen) atoms. The summed E-state index contributed by atoms with van der Waals surface area (Å²) in [4.78, 5) is 8.53. The second kappa shape index (κ2) is 6.18. The first-order valence-corrected chi connectivity index (χ1v) is 7.95. The predicted molar refractivity (Wildman–Crippen MR) is 85.1 cm³/mol. The number of hydrogen-bond donors (Lipinski definition) is 2. The van der Waals surface area contributed by atoms with Crippen molar-refractivity contribution in [2.45, 2.75) is 50.3 Å². The molecule has 2 heterocycles. The van der Waals surface area contributed by atoms with E-state index >= 15 is 0 Å². The van der Waals surface area contributed by atoms with Crippen LogP contribution in [0.4, 0.5) is 0 Å². The summed E-state index contributed by atoms with van der Waals surface area (Å²) in [5.41, 5.74) is 0.212. The number of pyridine rings is 1. The molecule has 1 atom stereocenters. The smallest absolute Gasteiger partial charge is 0.125 e. The second-order valence-corrected chi connectivity index (χ2v) is 6.33. The van der Waals surface area contributed by atoms with Crippen LogP contribution in [0.5, 0.6) is 0 Å². The molecule has 0 aromatic carbocycles. The summed E-state index contributed by atoms with van der Waals surface area (Å²) in [5, 5.41) is 14.5. The number of rotatable bonds is 4. The van der Waals surface area contributed by atoms with Crippen LogP contribution >= 0.6 is 0 Å². The maximum atomic E-state index is 10.8. The minimum Gasteiger partial charge on any atom is -0.385 e. The van der Waals surface area contributed by atoms with E-state index in [1.54, 1.807) is 12.4 Å². The van der Waals surface area contributed by atoms with Gasteiger partial charge in [0.15, 0.2) is 0 Å². The Balaban J connectivity index is 1.59. The lowest BCUT2D eigenvalue weighted by molar-refractivity contribution is -0.00961. The van der Waals surface area contributed by atoms with Gasteiger partial charge in [-0.2, -0.15) is 0 Å². The van der Waals surface area contributed by atoms with Crippen LogP contribution in [0, 0.1) is 0 Å². The molecule has 5 heteroatoms. The number of hydrogen-bond acceptors (Lipinski definition) is 4. The Labute approximate surface area is 131 Å². The molecule has 5 nitrogen and oxygen atoms in total. The lowest BCUT2D eigenvalue weighted by Crippen LogP contribution is -2.41. The fourth-order valence-electron chi connectivity index (χ4n) is 3.41. The summed E-state index contributed by atoms with van der Waals surface area (Å²) >= 11 is 0. The van der Waals surface area contributed by atoms with Crippen LogP contribution in [0.1, 0.15) is 50.0 Å². The molecule has 1 fully saturated rings. The molecule has 2 N–H and O–H groups in total. The number of imidazole rings is 1. The van der Waals surface area contributed by atoms with Crippen LogP contribution in [0.15, 0.2) is 36.9 Å². The van der Waals surface area contributed by atoms with Crippen LogP contribution in [0.3, 0.4) is 0 Å².